The average Bonchev–Trinajstić information content (AvgIpc) is 3.19. The van der Waals surface area contributed by atoms with Gasteiger partial charge < -0.3 is 14.2 Å². The van der Waals surface area contributed by atoms with Crippen molar-refractivity contribution in [3.8, 4) is 0 Å². The lowest BCUT2D eigenvalue weighted by molar-refractivity contribution is -0.167. The molecule has 0 N–H and O–H groups in total. The van der Waals surface area contributed by atoms with Gasteiger partial charge in [0, 0.05) is 19.3 Å². The molecule has 0 amide bonds. The fourth-order valence-corrected chi connectivity index (χ4v) is 5.55. The molecule has 0 radical (unpaired) electrons. The van der Waals surface area contributed by atoms with Crippen LogP contribution in [-0.2, 0) is 28.6 Å². The van der Waals surface area contributed by atoms with E-state index in [-0.39, 0.29) is 31.1 Å². The predicted octanol–water partition coefficient (Wildman–Crippen LogP) is 14.2. The number of allylic oxidation sites excluding steroid dienone is 16. The SMILES string of the molecule is CC\C=C/C=C\C=C/CCCCCCCC(=O)OC(COC(=O)CCC/C=C\CCCCCC)COC(=O)CCCCC/C=C\C/C=C\C/C=C\C/C=C\CC. The minimum Gasteiger partial charge on any atom is -0.462 e. The van der Waals surface area contributed by atoms with Crippen molar-refractivity contribution in [1.82, 2.24) is 0 Å². The maximum absolute atomic E-state index is 12.7. The van der Waals surface area contributed by atoms with E-state index in [0.29, 0.717) is 25.7 Å². The van der Waals surface area contributed by atoms with Gasteiger partial charge in [0.2, 0.25) is 0 Å². The van der Waals surface area contributed by atoms with Crippen molar-refractivity contribution < 1.29 is 28.6 Å². The minimum atomic E-state index is -0.810. The van der Waals surface area contributed by atoms with Crippen molar-refractivity contribution >= 4 is 17.9 Å². The maximum Gasteiger partial charge on any atom is 0.306 e. The lowest BCUT2D eigenvalue weighted by atomic mass is 10.1. The van der Waals surface area contributed by atoms with Gasteiger partial charge in [-0.3, -0.25) is 14.4 Å². The molecule has 0 rings (SSSR count). The molecule has 1 unspecified atom stereocenters. The standard InChI is InChI=1S/C50H80O6/c1-4-7-10-13-16-19-21-23-24-25-27-28-31-34-37-40-43-49(52)55-46-47(45-54-48(51)42-39-36-33-30-18-15-12-9-6-3)56-50(53)44-41-38-35-32-29-26-22-20-17-14-11-8-5-2/h7-8,10-11,14,16-17,19-20,22-24,27-28,30,33,47H,4-6,9,12-13,15,18,21,25-26,29,31-32,34-46H2,1-3H3/b10-7-,11-8-,17-14-,19-16-,22-20-,24-23-,28-27-,33-30-. The van der Waals surface area contributed by atoms with Gasteiger partial charge in [0.05, 0.1) is 0 Å². The van der Waals surface area contributed by atoms with E-state index in [9.17, 15) is 14.4 Å². The van der Waals surface area contributed by atoms with Crippen LogP contribution in [0.2, 0.25) is 0 Å². The molecular formula is C50H80O6. The summed E-state index contributed by atoms with van der Waals surface area (Å²) in [7, 11) is 0. The summed E-state index contributed by atoms with van der Waals surface area (Å²) < 4.78 is 16.6. The normalized spacial score (nSPS) is 13.0. The quantitative estimate of drug-likeness (QED) is 0.0204. The van der Waals surface area contributed by atoms with E-state index in [1.807, 2.05) is 6.08 Å². The molecular weight excluding hydrogens is 697 g/mol. The second-order valence-electron chi connectivity index (χ2n) is 14.2. The van der Waals surface area contributed by atoms with Crippen LogP contribution in [0, 0.1) is 0 Å². The van der Waals surface area contributed by atoms with E-state index in [2.05, 4.69) is 112 Å². The van der Waals surface area contributed by atoms with Gasteiger partial charge in [-0.25, -0.2) is 0 Å². The highest BCUT2D eigenvalue weighted by Crippen LogP contribution is 2.11. The Morgan fingerprint density at radius 3 is 1.39 bits per heavy atom. The highest BCUT2D eigenvalue weighted by Gasteiger charge is 2.19. The Bertz CT molecular complexity index is 1170. The van der Waals surface area contributed by atoms with Gasteiger partial charge >= 0.3 is 17.9 Å². The van der Waals surface area contributed by atoms with Crippen molar-refractivity contribution in [2.75, 3.05) is 13.2 Å². The van der Waals surface area contributed by atoms with Crippen LogP contribution in [-0.4, -0.2) is 37.2 Å². The van der Waals surface area contributed by atoms with Crippen LogP contribution in [0.3, 0.4) is 0 Å². The number of carbonyl (C=O) groups is 3. The van der Waals surface area contributed by atoms with E-state index in [1.165, 1.54) is 25.7 Å². The summed E-state index contributed by atoms with van der Waals surface area (Å²) in [4.78, 5) is 37.7. The zero-order valence-electron chi connectivity index (χ0n) is 35.9. The molecule has 0 heterocycles. The number of carbonyl (C=O) groups excluding carboxylic acids is 3. The van der Waals surface area contributed by atoms with Gasteiger partial charge in [0.15, 0.2) is 6.10 Å². The van der Waals surface area contributed by atoms with Crippen LogP contribution in [0.1, 0.15) is 181 Å². The monoisotopic (exact) mass is 777 g/mol. The number of hydrogen-bond acceptors (Lipinski definition) is 6. The number of unbranched alkanes of at least 4 members (excludes halogenated alkanes) is 13. The molecule has 0 saturated heterocycles. The fraction of sp³-hybridized carbons (Fsp3) is 0.620. The fourth-order valence-electron chi connectivity index (χ4n) is 5.55. The molecule has 0 aliphatic rings. The first-order valence-corrected chi connectivity index (χ1v) is 22.3. The molecule has 6 nitrogen and oxygen atoms in total. The van der Waals surface area contributed by atoms with Crippen molar-refractivity contribution in [1.29, 1.82) is 0 Å². The zero-order chi connectivity index (χ0) is 40.8. The lowest BCUT2D eigenvalue weighted by Gasteiger charge is -2.18. The molecule has 0 aromatic carbocycles. The van der Waals surface area contributed by atoms with E-state index >= 15 is 0 Å². The molecule has 0 aliphatic carbocycles. The Morgan fingerprint density at radius 1 is 0.393 bits per heavy atom. The van der Waals surface area contributed by atoms with Crippen LogP contribution >= 0.6 is 0 Å². The van der Waals surface area contributed by atoms with Gasteiger partial charge in [-0.1, -0.05) is 163 Å². The highest BCUT2D eigenvalue weighted by atomic mass is 16.6. The molecule has 0 fully saturated rings. The Balaban J connectivity index is 4.49. The van der Waals surface area contributed by atoms with Crippen molar-refractivity contribution in [2.45, 2.75) is 187 Å². The molecule has 1 atom stereocenters. The maximum atomic E-state index is 12.7. The minimum absolute atomic E-state index is 0.113. The molecule has 0 bridgehead atoms. The number of rotatable bonds is 38. The van der Waals surface area contributed by atoms with E-state index in [1.54, 1.807) is 0 Å². The van der Waals surface area contributed by atoms with Crippen molar-refractivity contribution in [3.63, 3.8) is 0 Å². The lowest BCUT2D eigenvalue weighted by Crippen LogP contribution is -2.30. The predicted molar refractivity (Wildman–Crippen MR) is 237 cm³/mol. The first-order valence-electron chi connectivity index (χ1n) is 22.3. The van der Waals surface area contributed by atoms with Gasteiger partial charge in [-0.05, 0) is 96.3 Å². The summed E-state index contributed by atoms with van der Waals surface area (Å²) in [5, 5.41) is 0. The Labute approximate surface area is 343 Å². The van der Waals surface area contributed by atoms with Gasteiger partial charge in [-0.2, -0.15) is 0 Å². The third-order valence-electron chi connectivity index (χ3n) is 8.86. The van der Waals surface area contributed by atoms with Crippen LogP contribution in [0.15, 0.2) is 97.2 Å². The Morgan fingerprint density at radius 2 is 0.804 bits per heavy atom. The number of esters is 3. The topological polar surface area (TPSA) is 78.9 Å². The van der Waals surface area contributed by atoms with E-state index < -0.39 is 6.10 Å². The van der Waals surface area contributed by atoms with E-state index in [0.717, 1.165) is 109 Å². The summed E-state index contributed by atoms with van der Waals surface area (Å²) in [5.74, 6) is -1.01. The van der Waals surface area contributed by atoms with Crippen molar-refractivity contribution in [3.05, 3.63) is 97.2 Å². The summed E-state index contributed by atoms with van der Waals surface area (Å²) in [6, 6.07) is 0. The van der Waals surface area contributed by atoms with Crippen LogP contribution < -0.4 is 0 Å². The molecule has 0 aromatic rings. The molecule has 6 heteroatoms. The second-order valence-corrected chi connectivity index (χ2v) is 14.2. The molecule has 0 spiro atoms. The average molecular weight is 777 g/mol. The Kier molecular flexibility index (Phi) is 41.2. The number of hydrogen-bond donors (Lipinski definition) is 0. The summed E-state index contributed by atoms with van der Waals surface area (Å²) >= 11 is 0. The molecule has 0 aliphatic heterocycles. The van der Waals surface area contributed by atoms with Gasteiger partial charge in [0.1, 0.15) is 13.2 Å². The summed E-state index contributed by atoms with van der Waals surface area (Å²) in [6.45, 7) is 6.25. The smallest absolute Gasteiger partial charge is 0.306 e. The van der Waals surface area contributed by atoms with Crippen molar-refractivity contribution in [2.24, 2.45) is 0 Å². The Hall–Kier alpha value is -3.67. The molecule has 0 aromatic heterocycles. The van der Waals surface area contributed by atoms with Crippen LogP contribution in [0.25, 0.3) is 0 Å². The largest absolute Gasteiger partial charge is 0.462 e. The summed E-state index contributed by atoms with van der Waals surface area (Å²) in [6.07, 6.45) is 56.8. The third-order valence-corrected chi connectivity index (χ3v) is 8.86. The molecule has 56 heavy (non-hydrogen) atoms. The zero-order valence-corrected chi connectivity index (χ0v) is 35.9. The molecule has 316 valence electrons. The highest BCUT2D eigenvalue weighted by molar-refractivity contribution is 5.71. The van der Waals surface area contributed by atoms with Crippen LogP contribution in [0.4, 0.5) is 0 Å². The van der Waals surface area contributed by atoms with Gasteiger partial charge in [0.25, 0.3) is 0 Å². The first-order chi connectivity index (χ1) is 27.5. The second kappa shape index (κ2) is 44.0. The van der Waals surface area contributed by atoms with E-state index in [4.69, 9.17) is 14.2 Å². The molecule has 0 saturated carbocycles. The summed E-state index contributed by atoms with van der Waals surface area (Å²) in [5.41, 5.74) is 0. The van der Waals surface area contributed by atoms with Gasteiger partial charge in [-0.15, -0.1) is 0 Å². The number of ether oxygens (including phenoxy) is 3. The van der Waals surface area contributed by atoms with Crippen LogP contribution in [0.5, 0.6) is 0 Å². The third kappa shape index (κ3) is 41.5. The first kappa shape index (κ1) is 52.3.